The Hall–Kier alpha value is -1.24. The molecule has 0 bridgehead atoms. The molecule has 5 nitrogen and oxygen atoms in total. The average Bonchev–Trinajstić information content (AvgIpc) is 2.15. The Balaban J connectivity index is 0.000000221. The molecule has 0 atom stereocenters. The third kappa shape index (κ3) is 5.01. The molecule has 0 radical (unpaired) electrons. The number of halogens is 1. The normalized spacial score (nSPS) is 10.8. The van der Waals surface area contributed by atoms with Gasteiger partial charge in [0.05, 0.1) is 5.39 Å². The third-order valence-electron chi connectivity index (χ3n) is 1.67. The molecule has 6 heteroatoms. The van der Waals surface area contributed by atoms with Crippen molar-refractivity contribution in [1.29, 1.82) is 0 Å². The minimum absolute atomic E-state index is 0.943. The van der Waals surface area contributed by atoms with Crippen molar-refractivity contribution in [2.75, 3.05) is 0 Å². The van der Waals surface area contributed by atoms with E-state index in [0.717, 1.165) is 16.5 Å². The minimum Gasteiger partial charge on any atom is -0.222 e. The summed E-state index contributed by atoms with van der Waals surface area (Å²) in [6, 6.07) is 10.1. The molecule has 0 aliphatic rings. The first-order valence-corrected chi connectivity index (χ1v) is 5.48. The van der Waals surface area contributed by atoms with E-state index >= 15 is 0 Å². The molecule has 16 heavy (non-hydrogen) atoms. The van der Waals surface area contributed by atoms with Gasteiger partial charge in [-0.3, -0.25) is 0 Å². The van der Waals surface area contributed by atoms with Gasteiger partial charge in [-0.05, 0) is 19.1 Å². The lowest BCUT2D eigenvalue weighted by Gasteiger charge is -2.17. The first-order valence-electron chi connectivity index (χ1n) is 4.25. The second kappa shape index (κ2) is 5.20. The molecule has 0 unspecified atom stereocenters. The molecule has 0 N–H and O–H groups in total. The maximum absolute atomic E-state index is 8.49. The van der Waals surface area contributed by atoms with Crippen LogP contribution in [0.1, 0.15) is 5.56 Å². The molecule has 0 fully saturated rings. The van der Waals surface area contributed by atoms with Crippen molar-refractivity contribution in [3.05, 3.63) is 42.2 Å². The molecule has 1 aromatic heterocycles. The van der Waals surface area contributed by atoms with Crippen molar-refractivity contribution >= 4 is 11.0 Å². The van der Waals surface area contributed by atoms with Crippen LogP contribution >= 0.6 is 0 Å². The first kappa shape index (κ1) is 12.8. The highest BCUT2D eigenvalue weighted by atomic mass is 35.7. The summed E-state index contributed by atoms with van der Waals surface area (Å²) in [5.41, 5.74) is 2.10. The Morgan fingerprint density at radius 2 is 1.62 bits per heavy atom. The molecule has 86 valence electrons. The van der Waals surface area contributed by atoms with Crippen molar-refractivity contribution in [1.82, 2.24) is 0 Å². The van der Waals surface area contributed by atoms with Crippen molar-refractivity contribution in [3.8, 4) is 0 Å². The van der Waals surface area contributed by atoms with E-state index in [9.17, 15) is 0 Å². The van der Waals surface area contributed by atoms with Gasteiger partial charge in [0.25, 0.3) is 0 Å². The van der Waals surface area contributed by atoms with Crippen LogP contribution in [0.2, 0.25) is 0 Å². The fraction of sp³-hybridized carbons (Fsp3) is 0.100. The monoisotopic (exact) mass is 244 g/mol. The van der Waals surface area contributed by atoms with Crippen LogP contribution in [-0.2, 0) is 0 Å². The number of aryl methyl sites for hydroxylation is 1. The lowest BCUT2D eigenvalue weighted by Crippen LogP contribution is -2.68. The Morgan fingerprint density at radius 3 is 2.25 bits per heavy atom. The lowest BCUT2D eigenvalue weighted by atomic mass is 10.2. The van der Waals surface area contributed by atoms with Gasteiger partial charge in [0.15, 0.2) is 0 Å². The summed E-state index contributed by atoms with van der Waals surface area (Å²) >= 11 is 0. The van der Waals surface area contributed by atoms with Gasteiger partial charge in [0, 0.05) is 11.6 Å². The summed E-state index contributed by atoms with van der Waals surface area (Å²) in [5, 5.41) is 1.16. The summed E-state index contributed by atoms with van der Waals surface area (Å²) in [5.74, 6) is 0. The second-order valence-corrected chi connectivity index (χ2v) is 3.80. The maximum atomic E-state index is 8.49. The zero-order valence-corrected chi connectivity index (χ0v) is 9.14. The Kier molecular flexibility index (Phi) is 4.17. The molecule has 1 heterocycles. The van der Waals surface area contributed by atoms with Gasteiger partial charge in [-0.2, -0.15) is 0 Å². The van der Waals surface area contributed by atoms with Gasteiger partial charge in [0.2, 0.25) is 0 Å². The second-order valence-electron chi connectivity index (χ2n) is 3.04. The molecule has 0 saturated carbocycles. The minimum atomic E-state index is -4.94. The van der Waals surface area contributed by atoms with Crippen LogP contribution in [-0.4, -0.2) is 0 Å². The van der Waals surface area contributed by atoms with Crippen LogP contribution in [0.25, 0.3) is 11.0 Å². The smallest absolute Gasteiger partial charge is 0.222 e. The Labute approximate surface area is 93.9 Å². The molecule has 2 rings (SSSR count). The fourth-order valence-corrected chi connectivity index (χ4v) is 1.14. The molecule has 0 saturated heterocycles. The lowest BCUT2D eigenvalue weighted by molar-refractivity contribution is -2.00. The highest BCUT2D eigenvalue weighted by Crippen LogP contribution is 2.14. The molecular formula is C10H9ClO5. The molecule has 0 amide bonds. The van der Waals surface area contributed by atoms with E-state index in [0.29, 0.717) is 0 Å². The van der Waals surface area contributed by atoms with Gasteiger partial charge in [-0.1, -0.05) is 12.1 Å². The van der Waals surface area contributed by atoms with Crippen molar-refractivity contribution in [2.24, 2.45) is 0 Å². The highest BCUT2D eigenvalue weighted by Gasteiger charge is 2.02. The van der Waals surface area contributed by atoms with Crippen molar-refractivity contribution < 1.29 is 33.3 Å². The van der Waals surface area contributed by atoms with Gasteiger partial charge in [-0.15, -0.1) is 10.2 Å². The van der Waals surface area contributed by atoms with E-state index in [1.165, 1.54) is 0 Å². The predicted octanol–water partition coefficient (Wildman–Crippen LogP) is -1.73. The summed E-state index contributed by atoms with van der Waals surface area (Å²) < 4.78 is 39.3. The molecule has 1 aromatic carbocycles. The predicted molar refractivity (Wildman–Crippen MR) is 45.4 cm³/mol. The zero-order valence-electron chi connectivity index (χ0n) is 8.38. The third-order valence-corrected chi connectivity index (χ3v) is 1.67. The fourth-order valence-electron chi connectivity index (χ4n) is 1.14. The Morgan fingerprint density at radius 1 is 1.06 bits per heavy atom. The van der Waals surface area contributed by atoms with Crippen molar-refractivity contribution in [3.63, 3.8) is 0 Å². The van der Waals surface area contributed by atoms with Gasteiger partial charge in [0.1, 0.15) is 0 Å². The number of rotatable bonds is 0. The standard InChI is InChI=1S/C10H9O.ClHO4/c1-8-6-9-4-2-3-5-10(9)11-7-8;2-1(3,4)5/h2-7H,1H3;(H,2,3,4,5)/q+1;/p-1. The van der Waals surface area contributed by atoms with E-state index in [1.54, 1.807) is 6.26 Å². The van der Waals surface area contributed by atoms with Crippen LogP contribution < -0.4 is 18.6 Å². The maximum Gasteiger partial charge on any atom is 0.359 e. The summed E-state index contributed by atoms with van der Waals surface area (Å²) in [6.45, 7) is 2.02. The largest absolute Gasteiger partial charge is 0.359 e. The van der Waals surface area contributed by atoms with Crippen LogP contribution in [0.4, 0.5) is 0 Å². The highest BCUT2D eigenvalue weighted by molar-refractivity contribution is 5.76. The summed E-state index contributed by atoms with van der Waals surface area (Å²) in [4.78, 5) is 0. The number of fused-ring (bicyclic) bond motifs is 1. The topological polar surface area (TPSA) is 104 Å². The van der Waals surface area contributed by atoms with E-state index < -0.39 is 10.2 Å². The van der Waals surface area contributed by atoms with E-state index in [1.807, 2.05) is 31.2 Å². The summed E-state index contributed by atoms with van der Waals surface area (Å²) in [6.07, 6.45) is 1.77. The van der Waals surface area contributed by atoms with Gasteiger partial charge in [-0.25, -0.2) is 23.1 Å². The van der Waals surface area contributed by atoms with Crippen molar-refractivity contribution in [2.45, 2.75) is 6.92 Å². The van der Waals surface area contributed by atoms with Crippen LogP contribution in [0.5, 0.6) is 0 Å². The van der Waals surface area contributed by atoms with Gasteiger partial charge >= 0.3 is 11.8 Å². The van der Waals surface area contributed by atoms with Crippen LogP contribution in [0, 0.1) is 17.2 Å². The number of benzene rings is 1. The molecule has 0 aliphatic carbocycles. The number of hydrogen-bond acceptors (Lipinski definition) is 4. The summed E-state index contributed by atoms with van der Waals surface area (Å²) in [7, 11) is -4.94. The zero-order chi connectivity index (χ0) is 12.2. The van der Waals surface area contributed by atoms with Gasteiger partial charge < -0.3 is 0 Å². The first-order chi connectivity index (χ1) is 7.36. The molecule has 0 spiro atoms. The van der Waals surface area contributed by atoms with E-state index in [2.05, 4.69) is 6.07 Å². The molecular weight excluding hydrogens is 236 g/mol. The Bertz CT molecular complexity index is 460. The SMILES string of the molecule is Cc1c[o+]c2ccccc2c1.[O-][Cl+3]([O-])([O-])[O-]. The molecule has 2 aromatic rings. The molecule has 0 aliphatic heterocycles. The van der Waals surface area contributed by atoms with E-state index in [-0.39, 0.29) is 0 Å². The quantitative estimate of drug-likeness (QED) is 0.512. The number of hydrogen-bond donors (Lipinski definition) is 0. The van der Waals surface area contributed by atoms with Crippen LogP contribution in [0.3, 0.4) is 0 Å². The number of para-hydroxylation sites is 1. The average molecular weight is 245 g/mol. The van der Waals surface area contributed by atoms with Crippen LogP contribution in [0.15, 0.2) is 41.0 Å². The van der Waals surface area contributed by atoms with E-state index in [4.69, 9.17) is 23.1 Å².